The summed E-state index contributed by atoms with van der Waals surface area (Å²) in [6.07, 6.45) is 1.70. The van der Waals surface area contributed by atoms with Gasteiger partial charge in [-0.1, -0.05) is 18.3 Å². The van der Waals surface area contributed by atoms with E-state index in [9.17, 15) is 0 Å². The van der Waals surface area contributed by atoms with E-state index in [1.807, 2.05) is 43.4 Å². The summed E-state index contributed by atoms with van der Waals surface area (Å²) < 4.78 is 5.16. The van der Waals surface area contributed by atoms with Gasteiger partial charge in [0.15, 0.2) is 0 Å². The molecule has 0 saturated carbocycles. The van der Waals surface area contributed by atoms with Gasteiger partial charge in [0, 0.05) is 31.0 Å². The van der Waals surface area contributed by atoms with Crippen molar-refractivity contribution in [1.82, 2.24) is 4.98 Å². The Morgan fingerprint density at radius 1 is 1.30 bits per heavy atom. The molecule has 2 rings (SSSR count). The van der Waals surface area contributed by atoms with E-state index in [0.717, 1.165) is 17.0 Å². The summed E-state index contributed by atoms with van der Waals surface area (Å²) in [6.45, 7) is 0.687. The van der Waals surface area contributed by atoms with Crippen molar-refractivity contribution in [3.05, 3.63) is 53.9 Å². The fraction of sp³-hybridized carbons (Fsp3) is 0.200. The lowest BCUT2D eigenvalue weighted by molar-refractivity contribution is 0.415. The highest BCUT2D eigenvalue weighted by Gasteiger charge is 2.09. The van der Waals surface area contributed by atoms with Crippen LogP contribution in [0.3, 0.4) is 0 Å². The zero-order chi connectivity index (χ0) is 14.5. The number of methoxy groups -OCH3 is 1. The van der Waals surface area contributed by atoms with Gasteiger partial charge in [0.1, 0.15) is 16.4 Å². The highest BCUT2D eigenvalue weighted by molar-refractivity contribution is 7.80. The van der Waals surface area contributed by atoms with Gasteiger partial charge in [0.25, 0.3) is 0 Å². The van der Waals surface area contributed by atoms with Crippen molar-refractivity contribution < 1.29 is 4.74 Å². The monoisotopic (exact) mass is 287 g/mol. The largest absolute Gasteiger partial charge is 0.497 e. The zero-order valence-corrected chi connectivity index (χ0v) is 12.4. The number of rotatable bonds is 5. The molecule has 0 fully saturated rings. The van der Waals surface area contributed by atoms with Crippen molar-refractivity contribution in [2.45, 2.75) is 6.54 Å². The first-order valence-electron chi connectivity index (χ1n) is 6.20. The number of benzene rings is 1. The number of hydrogen-bond acceptors (Lipinski definition) is 4. The Bertz CT molecular complexity index is 598. The number of aromatic nitrogens is 1. The molecular formula is C15H17N3OS. The predicted octanol–water partition coefficient (Wildman–Crippen LogP) is 2.36. The van der Waals surface area contributed by atoms with Crippen LogP contribution in [-0.4, -0.2) is 24.1 Å². The first kappa shape index (κ1) is 14.3. The maximum Gasteiger partial charge on any atom is 0.123 e. The molecular weight excluding hydrogens is 270 g/mol. The van der Waals surface area contributed by atoms with E-state index in [0.29, 0.717) is 17.2 Å². The molecule has 0 unspecified atom stereocenters. The lowest BCUT2D eigenvalue weighted by Crippen LogP contribution is -2.21. The van der Waals surface area contributed by atoms with Gasteiger partial charge in [-0.05, 0) is 30.3 Å². The van der Waals surface area contributed by atoms with Crippen molar-refractivity contribution in [2.75, 3.05) is 19.1 Å². The van der Waals surface area contributed by atoms with E-state index in [1.165, 1.54) is 0 Å². The zero-order valence-electron chi connectivity index (χ0n) is 11.5. The Morgan fingerprint density at radius 2 is 2.00 bits per heavy atom. The van der Waals surface area contributed by atoms with Gasteiger partial charge in [-0.15, -0.1) is 0 Å². The summed E-state index contributed by atoms with van der Waals surface area (Å²) in [5.41, 5.74) is 8.48. The van der Waals surface area contributed by atoms with Crippen LogP contribution in [0.15, 0.2) is 42.6 Å². The molecule has 2 aromatic rings. The second-order valence-electron chi connectivity index (χ2n) is 4.43. The molecule has 0 spiro atoms. The van der Waals surface area contributed by atoms with Crippen LogP contribution in [0.4, 0.5) is 5.69 Å². The molecule has 4 nitrogen and oxygen atoms in total. The van der Waals surface area contributed by atoms with Crippen LogP contribution in [0.1, 0.15) is 11.3 Å². The van der Waals surface area contributed by atoms with E-state index in [4.69, 9.17) is 22.7 Å². The molecule has 1 heterocycles. The second-order valence-corrected chi connectivity index (χ2v) is 4.87. The Balaban J connectivity index is 2.18. The Morgan fingerprint density at radius 3 is 2.60 bits per heavy atom. The predicted molar refractivity (Wildman–Crippen MR) is 85.2 cm³/mol. The van der Waals surface area contributed by atoms with Crippen molar-refractivity contribution in [3.63, 3.8) is 0 Å². The van der Waals surface area contributed by atoms with Gasteiger partial charge in [0.05, 0.1) is 7.11 Å². The van der Waals surface area contributed by atoms with Gasteiger partial charge in [-0.3, -0.25) is 4.98 Å². The Hall–Kier alpha value is -2.14. The van der Waals surface area contributed by atoms with E-state index < -0.39 is 0 Å². The normalized spacial score (nSPS) is 10.1. The van der Waals surface area contributed by atoms with Crippen LogP contribution in [0.2, 0.25) is 0 Å². The molecule has 0 amide bonds. The van der Waals surface area contributed by atoms with E-state index in [-0.39, 0.29) is 0 Å². The topological polar surface area (TPSA) is 51.4 Å². The molecule has 0 saturated heterocycles. The van der Waals surface area contributed by atoms with E-state index >= 15 is 0 Å². The van der Waals surface area contributed by atoms with E-state index in [2.05, 4.69) is 9.88 Å². The first-order chi connectivity index (χ1) is 9.61. The molecule has 0 atom stereocenters. The first-order valence-corrected chi connectivity index (χ1v) is 6.61. The maximum atomic E-state index is 5.70. The second kappa shape index (κ2) is 6.34. The van der Waals surface area contributed by atoms with Crippen molar-refractivity contribution in [3.8, 4) is 5.75 Å². The minimum absolute atomic E-state index is 0.323. The summed E-state index contributed by atoms with van der Waals surface area (Å²) in [7, 11) is 3.67. The molecule has 0 aliphatic carbocycles. The van der Waals surface area contributed by atoms with Gasteiger partial charge in [-0.25, -0.2) is 0 Å². The molecule has 5 heteroatoms. The smallest absolute Gasteiger partial charge is 0.123 e. The number of nitrogens with two attached hydrogens (primary N) is 1. The fourth-order valence-corrected chi connectivity index (χ4v) is 2.16. The number of hydrogen-bond donors (Lipinski definition) is 1. The van der Waals surface area contributed by atoms with Crippen LogP contribution >= 0.6 is 12.2 Å². The van der Waals surface area contributed by atoms with Crippen molar-refractivity contribution >= 4 is 22.9 Å². The summed E-state index contributed by atoms with van der Waals surface area (Å²) in [5, 5.41) is 0. The molecule has 20 heavy (non-hydrogen) atoms. The lowest BCUT2D eigenvalue weighted by atomic mass is 10.1. The molecule has 1 aromatic heterocycles. The SMILES string of the molecule is COc1ccc(N(C)Cc2cccnc2C(N)=S)cc1. The van der Waals surface area contributed by atoms with Crippen molar-refractivity contribution in [1.29, 1.82) is 0 Å². The number of nitrogens with zero attached hydrogens (tertiary/aromatic N) is 2. The van der Waals surface area contributed by atoms with Gasteiger partial charge >= 0.3 is 0 Å². The summed E-state index contributed by atoms with van der Waals surface area (Å²) in [4.78, 5) is 6.67. The number of pyridine rings is 1. The average molecular weight is 287 g/mol. The average Bonchev–Trinajstić information content (AvgIpc) is 2.47. The summed E-state index contributed by atoms with van der Waals surface area (Å²) in [5.74, 6) is 0.840. The Labute approximate surface area is 124 Å². The number of thiocarbonyl (C=S) groups is 1. The van der Waals surface area contributed by atoms with E-state index in [1.54, 1.807) is 13.3 Å². The standard InChI is InChI=1S/C15H17N3OS/c1-18(12-5-7-13(19-2)8-6-12)10-11-4-3-9-17-14(11)15(16)20/h3-9H,10H2,1-2H3,(H2,16,20). The minimum atomic E-state index is 0.323. The molecule has 2 N–H and O–H groups in total. The van der Waals surface area contributed by atoms with Crippen LogP contribution in [0.25, 0.3) is 0 Å². The minimum Gasteiger partial charge on any atom is -0.497 e. The Kier molecular flexibility index (Phi) is 4.53. The molecule has 0 radical (unpaired) electrons. The van der Waals surface area contributed by atoms with Gasteiger partial charge in [0.2, 0.25) is 0 Å². The quantitative estimate of drug-likeness (QED) is 0.856. The molecule has 0 aliphatic rings. The number of anilines is 1. The van der Waals surface area contributed by atoms with Crippen LogP contribution in [0.5, 0.6) is 5.75 Å². The fourth-order valence-electron chi connectivity index (χ4n) is 1.97. The molecule has 0 aliphatic heterocycles. The highest BCUT2D eigenvalue weighted by atomic mass is 32.1. The highest BCUT2D eigenvalue weighted by Crippen LogP contribution is 2.20. The lowest BCUT2D eigenvalue weighted by Gasteiger charge is -2.20. The van der Waals surface area contributed by atoms with Gasteiger partial charge < -0.3 is 15.4 Å². The van der Waals surface area contributed by atoms with Crippen molar-refractivity contribution in [2.24, 2.45) is 5.73 Å². The molecule has 104 valence electrons. The number of ether oxygens (including phenoxy) is 1. The third-order valence-corrected chi connectivity index (χ3v) is 3.24. The summed E-state index contributed by atoms with van der Waals surface area (Å²) >= 11 is 5.03. The van der Waals surface area contributed by atoms with Gasteiger partial charge in [-0.2, -0.15) is 0 Å². The van der Waals surface area contributed by atoms with Crippen LogP contribution < -0.4 is 15.4 Å². The summed E-state index contributed by atoms with van der Waals surface area (Å²) in [6, 6.07) is 11.8. The third-order valence-electron chi connectivity index (χ3n) is 3.05. The third kappa shape index (κ3) is 3.24. The van der Waals surface area contributed by atoms with Crippen LogP contribution in [-0.2, 0) is 6.54 Å². The maximum absolute atomic E-state index is 5.70. The molecule has 0 bridgehead atoms. The molecule has 1 aromatic carbocycles. The van der Waals surface area contributed by atoms with Crippen LogP contribution in [0, 0.1) is 0 Å².